The Kier molecular flexibility index (Phi) is 5.08. The molecule has 0 N–H and O–H groups in total. The van der Waals surface area contributed by atoms with Crippen molar-refractivity contribution in [3.05, 3.63) is 21.3 Å². The van der Waals surface area contributed by atoms with Gasteiger partial charge in [-0.2, -0.15) is 0 Å². The maximum Gasteiger partial charge on any atom is 0.199 e. The van der Waals surface area contributed by atoms with Crippen LogP contribution >= 0.6 is 23.6 Å². The van der Waals surface area contributed by atoms with E-state index in [-0.39, 0.29) is 0 Å². The minimum absolute atomic E-state index is 0.749. The van der Waals surface area contributed by atoms with Crippen molar-refractivity contribution in [1.82, 2.24) is 19.2 Å². The predicted molar refractivity (Wildman–Crippen MR) is 104 cm³/mol. The Bertz CT molecular complexity index is 801. The molecule has 0 bridgehead atoms. The molecule has 4 rings (SSSR count). The number of nitrogens with zero attached hydrogens (tertiary/aromatic N) is 4. The largest absolute Gasteiger partial charge is 0.379 e. The van der Waals surface area contributed by atoms with Crippen molar-refractivity contribution in [2.45, 2.75) is 39.3 Å². The third-order valence-electron chi connectivity index (χ3n) is 5.46. The summed E-state index contributed by atoms with van der Waals surface area (Å²) >= 11 is 7.55. The van der Waals surface area contributed by atoms with Crippen LogP contribution in [0.4, 0.5) is 0 Å². The molecular weight excluding hydrogens is 352 g/mol. The van der Waals surface area contributed by atoms with Gasteiger partial charge in [-0.15, -0.1) is 16.4 Å². The third kappa shape index (κ3) is 3.47. The number of fused-ring (bicyclic) bond motifs is 1. The Morgan fingerprint density at radius 1 is 1.36 bits per heavy atom. The van der Waals surface area contributed by atoms with Gasteiger partial charge in [0.15, 0.2) is 10.6 Å². The average molecular weight is 379 g/mol. The lowest BCUT2D eigenvalue weighted by molar-refractivity contribution is 0.0210. The van der Waals surface area contributed by atoms with E-state index in [1.165, 1.54) is 36.1 Å². The van der Waals surface area contributed by atoms with E-state index in [0.29, 0.717) is 0 Å². The normalized spacial score (nSPS) is 21.4. The van der Waals surface area contributed by atoms with Crippen LogP contribution < -0.4 is 0 Å². The van der Waals surface area contributed by atoms with Crippen LogP contribution in [-0.2, 0) is 31.3 Å². The van der Waals surface area contributed by atoms with Crippen molar-refractivity contribution in [1.29, 1.82) is 0 Å². The summed E-state index contributed by atoms with van der Waals surface area (Å²) in [4.78, 5) is 5.16. The van der Waals surface area contributed by atoms with E-state index in [4.69, 9.17) is 22.1 Å². The standard InChI is InChI=1S/C18H26N4OS2/c1-3-13-4-5-15-14(10-13)11-16(25-15)17-19-22(18(24)20(17)2)12-21-6-8-23-9-7-21/h11,13H,3-10,12H2,1-2H3/t13-/m1/s1. The summed E-state index contributed by atoms with van der Waals surface area (Å²) in [5.41, 5.74) is 1.53. The zero-order valence-corrected chi connectivity index (χ0v) is 16.7. The minimum atomic E-state index is 0.749. The first-order chi connectivity index (χ1) is 12.2. The molecule has 0 radical (unpaired) electrons. The van der Waals surface area contributed by atoms with Crippen LogP contribution in [0.25, 0.3) is 10.7 Å². The Morgan fingerprint density at radius 3 is 2.92 bits per heavy atom. The molecule has 1 fully saturated rings. The van der Waals surface area contributed by atoms with E-state index < -0.39 is 0 Å². The lowest BCUT2D eigenvalue weighted by Gasteiger charge is -2.25. The fraction of sp³-hybridized carbons (Fsp3) is 0.667. The van der Waals surface area contributed by atoms with Crippen LogP contribution in [0.2, 0.25) is 0 Å². The Hall–Kier alpha value is -1.02. The summed E-state index contributed by atoms with van der Waals surface area (Å²) in [5.74, 6) is 1.85. The lowest BCUT2D eigenvalue weighted by Crippen LogP contribution is -2.37. The number of morpholine rings is 1. The minimum Gasteiger partial charge on any atom is -0.379 e. The number of hydrogen-bond acceptors (Lipinski definition) is 5. The molecule has 0 amide bonds. The molecule has 1 aliphatic heterocycles. The summed E-state index contributed by atoms with van der Waals surface area (Å²) in [6.45, 7) is 6.53. The molecule has 0 unspecified atom stereocenters. The smallest absolute Gasteiger partial charge is 0.199 e. The molecular formula is C18H26N4OS2. The van der Waals surface area contributed by atoms with Crippen LogP contribution in [0.15, 0.2) is 6.07 Å². The van der Waals surface area contributed by atoms with E-state index >= 15 is 0 Å². The Balaban J connectivity index is 1.60. The van der Waals surface area contributed by atoms with Crippen molar-refractivity contribution >= 4 is 23.6 Å². The van der Waals surface area contributed by atoms with Gasteiger partial charge in [0.1, 0.15) is 0 Å². The number of hydrogen-bond donors (Lipinski definition) is 0. The van der Waals surface area contributed by atoms with Crippen LogP contribution in [0, 0.1) is 10.7 Å². The highest BCUT2D eigenvalue weighted by molar-refractivity contribution is 7.71. The molecule has 5 nitrogen and oxygen atoms in total. The molecule has 2 aliphatic rings. The van der Waals surface area contributed by atoms with Gasteiger partial charge in [0.2, 0.25) is 0 Å². The summed E-state index contributed by atoms with van der Waals surface area (Å²) in [5, 5.41) is 4.86. The second kappa shape index (κ2) is 7.31. The molecule has 1 aliphatic carbocycles. The number of aryl methyl sites for hydroxylation is 1. The second-order valence-electron chi connectivity index (χ2n) is 7.11. The molecule has 25 heavy (non-hydrogen) atoms. The number of rotatable bonds is 4. The highest BCUT2D eigenvalue weighted by Crippen LogP contribution is 2.37. The highest BCUT2D eigenvalue weighted by atomic mass is 32.1. The molecule has 7 heteroatoms. The van der Waals surface area contributed by atoms with E-state index in [1.54, 1.807) is 4.88 Å². The van der Waals surface area contributed by atoms with Gasteiger partial charge < -0.3 is 9.30 Å². The maximum absolute atomic E-state index is 5.64. The van der Waals surface area contributed by atoms with E-state index in [2.05, 4.69) is 22.5 Å². The van der Waals surface area contributed by atoms with E-state index in [1.807, 2.05) is 23.1 Å². The van der Waals surface area contributed by atoms with Crippen LogP contribution in [0.3, 0.4) is 0 Å². The molecule has 0 spiro atoms. The van der Waals surface area contributed by atoms with Crippen LogP contribution in [-0.4, -0.2) is 45.6 Å². The summed E-state index contributed by atoms with van der Waals surface area (Å²) < 4.78 is 10.2. The molecule has 1 saturated heterocycles. The molecule has 2 aromatic heterocycles. The van der Waals surface area contributed by atoms with Crippen LogP contribution in [0.1, 0.15) is 30.2 Å². The summed E-state index contributed by atoms with van der Waals surface area (Å²) in [6, 6.07) is 2.36. The topological polar surface area (TPSA) is 35.2 Å². The Morgan fingerprint density at radius 2 is 2.16 bits per heavy atom. The van der Waals surface area contributed by atoms with Crippen molar-refractivity contribution in [3.63, 3.8) is 0 Å². The second-order valence-corrected chi connectivity index (χ2v) is 8.61. The third-order valence-corrected chi connectivity index (χ3v) is 7.18. The molecule has 2 aromatic rings. The monoisotopic (exact) mass is 378 g/mol. The van der Waals surface area contributed by atoms with Crippen molar-refractivity contribution in [3.8, 4) is 10.7 Å². The predicted octanol–water partition coefficient (Wildman–Crippen LogP) is 3.48. The van der Waals surface area contributed by atoms with Crippen molar-refractivity contribution in [2.24, 2.45) is 13.0 Å². The van der Waals surface area contributed by atoms with Gasteiger partial charge in [-0.05, 0) is 49.0 Å². The highest BCUT2D eigenvalue weighted by Gasteiger charge is 2.22. The summed E-state index contributed by atoms with van der Waals surface area (Å²) in [6.07, 6.45) is 5.05. The fourth-order valence-electron chi connectivity index (χ4n) is 3.78. The SMILES string of the molecule is CC[C@@H]1CCc2sc(-c3nn(CN4CCOCC4)c(=S)n3C)cc2C1. The van der Waals surface area contributed by atoms with E-state index in [9.17, 15) is 0 Å². The first kappa shape index (κ1) is 17.4. The lowest BCUT2D eigenvalue weighted by atomic mass is 9.87. The zero-order chi connectivity index (χ0) is 17.4. The van der Waals surface area contributed by atoms with Gasteiger partial charge in [0.05, 0.1) is 24.8 Å². The van der Waals surface area contributed by atoms with Crippen molar-refractivity contribution < 1.29 is 4.74 Å². The van der Waals surface area contributed by atoms with Gasteiger partial charge in [0, 0.05) is 25.0 Å². The van der Waals surface area contributed by atoms with Gasteiger partial charge >= 0.3 is 0 Å². The first-order valence-electron chi connectivity index (χ1n) is 9.21. The molecule has 3 heterocycles. The van der Waals surface area contributed by atoms with Gasteiger partial charge in [0.25, 0.3) is 0 Å². The zero-order valence-electron chi connectivity index (χ0n) is 15.0. The number of thiophene rings is 1. The Labute approximate surface area is 158 Å². The molecule has 0 aromatic carbocycles. The first-order valence-corrected chi connectivity index (χ1v) is 10.4. The molecule has 0 saturated carbocycles. The number of ether oxygens (including phenoxy) is 1. The fourth-order valence-corrected chi connectivity index (χ4v) is 5.20. The molecule has 1 atom stereocenters. The van der Waals surface area contributed by atoms with E-state index in [0.717, 1.165) is 49.5 Å². The van der Waals surface area contributed by atoms with Gasteiger partial charge in [-0.25, -0.2) is 4.68 Å². The summed E-state index contributed by atoms with van der Waals surface area (Å²) in [7, 11) is 2.04. The quantitative estimate of drug-likeness (QED) is 0.763. The molecule has 136 valence electrons. The van der Waals surface area contributed by atoms with Crippen LogP contribution in [0.5, 0.6) is 0 Å². The number of aromatic nitrogens is 3. The average Bonchev–Trinajstić information content (AvgIpc) is 3.18. The van der Waals surface area contributed by atoms with Crippen molar-refractivity contribution in [2.75, 3.05) is 26.3 Å². The maximum atomic E-state index is 5.64. The van der Waals surface area contributed by atoms with Gasteiger partial charge in [-0.1, -0.05) is 13.3 Å². The van der Waals surface area contributed by atoms with Gasteiger partial charge in [-0.3, -0.25) is 4.90 Å².